The molecule has 0 heterocycles. The molecule has 1 aliphatic rings. The van der Waals surface area contributed by atoms with Gasteiger partial charge in [0.1, 0.15) is 0 Å². The highest BCUT2D eigenvalue weighted by atomic mass is 16.2. The second-order valence-corrected chi connectivity index (χ2v) is 6.20. The molecule has 1 fully saturated rings. The largest absolute Gasteiger partial charge is 0.396 e. The molecule has 0 aromatic heterocycles. The van der Waals surface area contributed by atoms with Gasteiger partial charge in [-0.15, -0.1) is 0 Å². The SMILES string of the molecule is OCCCCCC1CCCCCCCCCCC1. The minimum Gasteiger partial charge on any atom is -0.396 e. The Hall–Kier alpha value is -0.0400. The van der Waals surface area contributed by atoms with E-state index in [2.05, 4.69) is 0 Å². The molecule has 1 nitrogen and oxygen atoms in total. The molecule has 0 amide bonds. The van der Waals surface area contributed by atoms with E-state index in [1.165, 1.54) is 89.9 Å². The molecule has 0 aromatic carbocycles. The highest BCUT2D eigenvalue weighted by molar-refractivity contribution is 4.62. The first-order valence-corrected chi connectivity index (χ1v) is 8.54. The first-order chi connectivity index (χ1) is 8.93. The fourth-order valence-corrected chi connectivity index (χ4v) is 3.26. The average Bonchev–Trinajstić information content (AvgIpc) is 2.37. The zero-order valence-corrected chi connectivity index (χ0v) is 12.3. The van der Waals surface area contributed by atoms with Crippen molar-refractivity contribution in [3.63, 3.8) is 0 Å². The van der Waals surface area contributed by atoms with Crippen LogP contribution in [-0.4, -0.2) is 11.7 Å². The van der Waals surface area contributed by atoms with E-state index in [1.807, 2.05) is 0 Å². The van der Waals surface area contributed by atoms with Gasteiger partial charge in [-0.3, -0.25) is 0 Å². The van der Waals surface area contributed by atoms with Crippen LogP contribution in [0, 0.1) is 5.92 Å². The van der Waals surface area contributed by atoms with Crippen LogP contribution >= 0.6 is 0 Å². The molecule has 0 aliphatic heterocycles. The molecule has 18 heavy (non-hydrogen) atoms. The topological polar surface area (TPSA) is 20.2 Å². The summed E-state index contributed by atoms with van der Waals surface area (Å²) < 4.78 is 0. The van der Waals surface area contributed by atoms with Crippen molar-refractivity contribution in [2.24, 2.45) is 5.92 Å². The number of aliphatic hydroxyl groups excluding tert-OH is 1. The molecule has 0 saturated heterocycles. The van der Waals surface area contributed by atoms with Crippen LogP contribution in [0.1, 0.15) is 96.3 Å². The molecular formula is C17H34O. The van der Waals surface area contributed by atoms with E-state index in [4.69, 9.17) is 5.11 Å². The molecule has 108 valence electrons. The van der Waals surface area contributed by atoms with Gasteiger partial charge in [0.2, 0.25) is 0 Å². The first kappa shape index (κ1) is 16.0. The number of unbranched alkanes of at least 4 members (excludes halogenated alkanes) is 2. The maximum atomic E-state index is 8.81. The Morgan fingerprint density at radius 2 is 1.11 bits per heavy atom. The highest BCUT2D eigenvalue weighted by Crippen LogP contribution is 2.25. The molecule has 0 unspecified atom stereocenters. The summed E-state index contributed by atoms with van der Waals surface area (Å²) in [6, 6.07) is 0. The molecule has 0 bridgehead atoms. The molecule has 1 saturated carbocycles. The summed E-state index contributed by atoms with van der Waals surface area (Å²) in [5.41, 5.74) is 0. The van der Waals surface area contributed by atoms with Crippen molar-refractivity contribution in [3.05, 3.63) is 0 Å². The molecule has 0 atom stereocenters. The lowest BCUT2D eigenvalue weighted by atomic mass is 9.89. The molecule has 0 radical (unpaired) electrons. The molecule has 0 aromatic rings. The predicted octanol–water partition coefficient (Wildman–Crippen LogP) is 5.46. The Bertz CT molecular complexity index is 152. The average molecular weight is 254 g/mol. The third-order valence-electron chi connectivity index (χ3n) is 4.50. The van der Waals surface area contributed by atoms with Gasteiger partial charge in [0.25, 0.3) is 0 Å². The van der Waals surface area contributed by atoms with Gasteiger partial charge in [0.05, 0.1) is 0 Å². The zero-order chi connectivity index (χ0) is 12.9. The van der Waals surface area contributed by atoms with Crippen molar-refractivity contribution in [1.29, 1.82) is 0 Å². The Kier molecular flexibility index (Phi) is 10.7. The van der Waals surface area contributed by atoms with Crippen molar-refractivity contribution in [3.8, 4) is 0 Å². The number of aliphatic hydroxyl groups is 1. The van der Waals surface area contributed by atoms with Crippen molar-refractivity contribution in [2.45, 2.75) is 96.3 Å². The first-order valence-electron chi connectivity index (χ1n) is 8.54. The third-order valence-corrected chi connectivity index (χ3v) is 4.50. The smallest absolute Gasteiger partial charge is 0.0431 e. The maximum Gasteiger partial charge on any atom is 0.0431 e. The summed E-state index contributed by atoms with van der Waals surface area (Å²) in [5, 5.41) is 8.81. The van der Waals surface area contributed by atoms with Crippen LogP contribution in [0.25, 0.3) is 0 Å². The Morgan fingerprint density at radius 1 is 0.611 bits per heavy atom. The molecule has 0 spiro atoms. The number of rotatable bonds is 5. The molecule has 1 heteroatoms. The maximum absolute atomic E-state index is 8.81. The Balaban J connectivity index is 2.14. The lowest BCUT2D eigenvalue weighted by Gasteiger charge is -2.17. The normalized spacial score (nSPS) is 21.2. The zero-order valence-electron chi connectivity index (χ0n) is 12.3. The van der Waals surface area contributed by atoms with Crippen molar-refractivity contribution >= 4 is 0 Å². The summed E-state index contributed by atoms with van der Waals surface area (Å²) in [4.78, 5) is 0. The van der Waals surface area contributed by atoms with Gasteiger partial charge >= 0.3 is 0 Å². The fourth-order valence-electron chi connectivity index (χ4n) is 3.26. The lowest BCUT2D eigenvalue weighted by Crippen LogP contribution is -2.02. The van der Waals surface area contributed by atoms with Crippen LogP contribution in [-0.2, 0) is 0 Å². The van der Waals surface area contributed by atoms with E-state index in [1.54, 1.807) is 0 Å². The second-order valence-electron chi connectivity index (χ2n) is 6.20. The standard InChI is InChI=1S/C17H34O/c18-16-12-8-11-15-17-13-9-6-4-2-1-3-5-7-10-14-17/h17-18H,1-16H2. The van der Waals surface area contributed by atoms with Gasteiger partial charge in [0.15, 0.2) is 0 Å². The summed E-state index contributed by atoms with van der Waals surface area (Å²) in [7, 11) is 0. The van der Waals surface area contributed by atoms with Gasteiger partial charge in [-0.1, -0.05) is 89.9 Å². The van der Waals surface area contributed by atoms with Gasteiger partial charge in [-0.05, 0) is 12.3 Å². The monoisotopic (exact) mass is 254 g/mol. The van der Waals surface area contributed by atoms with Crippen LogP contribution in [0.3, 0.4) is 0 Å². The van der Waals surface area contributed by atoms with E-state index < -0.39 is 0 Å². The van der Waals surface area contributed by atoms with Crippen LogP contribution in [0.5, 0.6) is 0 Å². The van der Waals surface area contributed by atoms with E-state index in [0.29, 0.717) is 6.61 Å². The van der Waals surface area contributed by atoms with Crippen LogP contribution in [0.15, 0.2) is 0 Å². The number of hydrogen-bond donors (Lipinski definition) is 1. The van der Waals surface area contributed by atoms with Gasteiger partial charge < -0.3 is 5.11 Å². The van der Waals surface area contributed by atoms with Crippen molar-refractivity contribution in [1.82, 2.24) is 0 Å². The Morgan fingerprint density at radius 3 is 1.61 bits per heavy atom. The third kappa shape index (κ3) is 8.97. The minimum atomic E-state index is 0.380. The summed E-state index contributed by atoms with van der Waals surface area (Å²) in [6.07, 6.45) is 21.2. The van der Waals surface area contributed by atoms with E-state index in [9.17, 15) is 0 Å². The van der Waals surface area contributed by atoms with Crippen molar-refractivity contribution < 1.29 is 5.11 Å². The van der Waals surface area contributed by atoms with E-state index in [-0.39, 0.29) is 0 Å². The van der Waals surface area contributed by atoms with Crippen molar-refractivity contribution in [2.75, 3.05) is 6.61 Å². The van der Waals surface area contributed by atoms with Crippen LogP contribution in [0.2, 0.25) is 0 Å². The van der Waals surface area contributed by atoms with Crippen LogP contribution in [0.4, 0.5) is 0 Å². The van der Waals surface area contributed by atoms with Crippen LogP contribution < -0.4 is 0 Å². The number of hydrogen-bond acceptors (Lipinski definition) is 1. The van der Waals surface area contributed by atoms with Gasteiger partial charge in [-0.2, -0.15) is 0 Å². The van der Waals surface area contributed by atoms with E-state index in [0.717, 1.165) is 12.3 Å². The van der Waals surface area contributed by atoms with Gasteiger partial charge in [-0.25, -0.2) is 0 Å². The second kappa shape index (κ2) is 12.0. The molecule has 1 aliphatic carbocycles. The molecular weight excluding hydrogens is 220 g/mol. The highest BCUT2D eigenvalue weighted by Gasteiger charge is 2.09. The fraction of sp³-hybridized carbons (Fsp3) is 1.00. The summed E-state index contributed by atoms with van der Waals surface area (Å²) in [5.74, 6) is 0.989. The Labute approximate surface area is 114 Å². The lowest BCUT2D eigenvalue weighted by molar-refractivity contribution is 0.278. The summed E-state index contributed by atoms with van der Waals surface area (Å²) in [6.45, 7) is 0.380. The molecule has 1 rings (SSSR count). The minimum absolute atomic E-state index is 0.380. The summed E-state index contributed by atoms with van der Waals surface area (Å²) >= 11 is 0. The van der Waals surface area contributed by atoms with E-state index >= 15 is 0 Å². The predicted molar refractivity (Wildman–Crippen MR) is 79.8 cm³/mol. The molecule has 1 N–H and O–H groups in total. The quantitative estimate of drug-likeness (QED) is 0.646. The van der Waals surface area contributed by atoms with Gasteiger partial charge in [0, 0.05) is 6.61 Å².